The molecule has 198 valence electrons. The average Bonchev–Trinajstić information content (AvgIpc) is 3.42. The second-order valence-electron chi connectivity index (χ2n) is 9.69. The van der Waals surface area contributed by atoms with Crippen molar-refractivity contribution in [2.24, 2.45) is 5.73 Å². The van der Waals surface area contributed by atoms with Gasteiger partial charge in [0.05, 0.1) is 15.8 Å². The summed E-state index contributed by atoms with van der Waals surface area (Å²) < 4.78 is 6.06. The molecule has 2 aromatic heterocycles. The van der Waals surface area contributed by atoms with Crippen molar-refractivity contribution < 1.29 is 9.53 Å². The van der Waals surface area contributed by atoms with E-state index in [1.165, 1.54) is 12.4 Å². The summed E-state index contributed by atoms with van der Waals surface area (Å²) in [6.45, 7) is 4.12. The smallest absolute Gasteiger partial charge is 0.246 e. The fraction of sp³-hybridized carbons (Fsp3) is 0.346. The minimum atomic E-state index is -0.895. The molecular formula is C26H28Cl2N8O2. The summed E-state index contributed by atoms with van der Waals surface area (Å²) in [4.78, 5) is 20.5. The minimum Gasteiger partial charge on any atom is -0.486 e. The highest BCUT2D eigenvalue weighted by atomic mass is 35.5. The van der Waals surface area contributed by atoms with Crippen molar-refractivity contribution in [2.75, 3.05) is 36.8 Å². The Bertz CT molecular complexity index is 1350. The second-order valence-corrected chi connectivity index (χ2v) is 10.5. The van der Waals surface area contributed by atoms with Gasteiger partial charge in [0.1, 0.15) is 23.1 Å². The second kappa shape index (κ2) is 10.4. The zero-order valence-electron chi connectivity index (χ0n) is 20.8. The van der Waals surface area contributed by atoms with Crippen LogP contribution in [0.3, 0.4) is 0 Å². The van der Waals surface area contributed by atoms with E-state index < -0.39 is 11.6 Å². The third-order valence-electron chi connectivity index (χ3n) is 6.90. The van der Waals surface area contributed by atoms with Gasteiger partial charge < -0.3 is 26.0 Å². The molecule has 0 saturated carbocycles. The number of rotatable bonds is 7. The van der Waals surface area contributed by atoms with Gasteiger partial charge >= 0.3 is 0 Å². The molecular weight excluding hydrogens is 527 g/mol. The summed E-state index contributed by atoms with van der Waals surface area (Å²) >= 11 is 12.5. The lowest BCUT2D eigenvalue weighted by molar-refractivity contribution is -0.136. The molecule has 3 aromatic rings. The van der Waals surface area contributed by atoms with Gasteiger partial charge in [-0.05, 0) is 50.1 Å². The predicted molar refractivity (Wildman–Crippen MR) is 147 cm³/mol. The zero-order chi connectivity index (χ0) is 27.0. The number of nitrogens with zero attached hydrogens (tertiary/aromatic N) is 5. The van der Waals surface area contributed by atoms with Gasteiger partial charge in [-0.25, -0.2) is 0 Å². The van der Waals surface area contributed by atoms with Gasteiger partial charge in [-0.2, -0.15) is 0 Å². The Morgan fingerprint density at radius 3 is 2.42 bits per heavy atom. The van der Waals surface area contributed by atoms with E-state index in [2.05, 4.69) is 15.2 Å². The molecule has 0 unspecified atom stereocenters. The van der Waals surface area contributed by atoms with Crippen LogP contribution in [0.4, 0.5) is 11.5 Å². The Balaban J connectivity index is 1.27. The molecule has 2 aliphatic heterocycles. The molecule has 38 heavy (non-hydrogen) atoms. The lowest BCUT2D eigenvalue weighted by atomic mass is 9.89. The molecule has 0 bridgehead atoms. The van der Waals surface area contributed by atoms with Crippen LogP contribution in [0.5, 0.6) is 5.75 Å². The molecule has 1 amide bonds. The summed E-state index contributed by atoms with van der Waals surface area (Å²) in [5, 5.41) is 18.0. The summed E-state index contributed by atoms with van der Waals surface area (Å²) in [6.07, 6.45) is 4.60. The van der Waals surface area contributed by atoms with E-state index in [-0.39, 0.29) is 11.6 Å². The van der Waals surface area contributed by atoms with Crippen LogP contribution in [0.25, 0.3) is 0 Å². The summed E-state index contributed by atoms with van der Waals surface area (Å²) in [7, 11) is 0. The quantitative estimate of drug-likeness (QED) is 0.297. The van der Waals surface area contributed by atoms with Crippen LogP contribution in [0.15, 0.2) is 42.7 Å². The number of amides is 1. The molecule has 4 heterocycles. The number of likely N-dealkylation sites (tertiary alicyclic amines) is 1. The summed E-state index contributed by atoms with van der Waals surface area (Å²) in [5.74, 6) is 1.09. The van der Waals surface area contributed by atoms with Gasteiger partial charge in [0, 0.05) is 55.4 Å². The van der Waals surface area contributed by atoms with E-state index in [0.717, 1.165) is 25.9 Å². The van der Waals surface area contributed by atoms with Crippen LogP contribution in [-0.4, -0.2) is 63.4 Å². The lowest BCUT2D eigenvalue weighted by Crippen LogP contribution is -2.74. The van der Waals surface area contributed by atoms with Crippen LogP contribution in [0.2, 0.25) is 10.0 Å². The van der Waals surface area contributed by atoms with Gasteiger partial charge in [0.2, 0.25) is 5.91 Å². The lowest BCUT2D eigenvalue weighted by Gasteiger charge is -2.48. The molecule has 0 spiro atoms. The number of nitrogen functional groups attached to an aromatic ring is 1. The molecule has 12 heteroatoms. The normalized spacial score (nSPS) is 17.2. The highest BCUT2D eigenvalue weighted by Gasteiger charge is 2.48. The Kier molecular flexibility index (Phi) is 7.13. The molecule has 5 N–H and O–H groups in total. The topological polar surface area (TPSA) is 147 Å². The molecule has 0 aliphatic carbocycles. The number of pyridine rings is 1. The molecule has 1 atom stereocenters. The molecule has 10 nitrogen and oxygen atoms in total. The standard InChI is InChI=1S/C26H28Cl2N8O2/c1-15(23-18(27)11-32-12-19(23)28)38-16-4-5-20(29)17(10-16)24(30)21-6-7-22(34-33-21)36-13-26(31,14-36)25(37)35-8-2-3-9-35/h4-7,10-12,15,30H,2-3,8-9,13-14,29,31H2,1H3/t15-/m1/s1. The molecule has 1 aromatic carbocycles. The highest BCUT2D eigenvalue weighted by Crippen LogP contribution is 2.33. The number of halogens is 2. The van der Waals surface area contributed by atoms with Gasteiger partial charge in [-0.1, -0.05) is 23.2 Å². The van der Waals surface area contributed by atoms with E-state index >= 15 is 0 Å². The number of anilines is 2. The number of hydrogen-bond donors (Lipinski definition) is 3. The summed E-state index contributed by atoms with van der Waals surface area (Å²) in [6, 6.07) is 8.53. The van der Waals surface area contributed by atoms with E-state index in [0.29, 0.717) is 57.2 Å². The van der Waals surface area contributed by atoms with Crippen LogP contribution in [0, 0.1) is 5.41 Å². The van der Waals surface area contributed by atoms with Crippen LogP contribution in [0.1, 0.15) is 42.7 Å². The third-order valence-corrected chi connectivity index (χ3v) is 7.50. The molecule has 2 fully saturated rings. The Hall–Kier alpha value is -3.47. The van der Waals surface area contributed by atoms with Crippen molar-refractivity contribution in [1.82, 2.24) is 20.1 Å². The minimum absolute atomic E-state index is 0.00188. The van der Waals surface area contributed by atoms with Gasteiger partial charge in [0.25, 0.3) is 0 Å². The summed E-state index contributed by atoms with van der Waals surface area (Å²) in [5.41, 5.74) is 13.6. The van der Waals surface area contributed by atoms with Gasteiger partial charge in [0.15, 0.2) is 5.82 Å². The Labute approximate surface area is 230 Å². The van der Waals surface area contributed by atoms with Crippen molar-refractivity contribution in [3.05, 3.63) is 69.6 Å². The zero-order valence-corrected chi connectivity index (χ0v) is 22.3. The van der Waals surface area contributed by atoms with E-state index in [9.17, 15) is 4.79 Å². The van der Waals surface area contributed by atoms with E-state index in [1.54, 1.807) is 30.3 Å². The Morgan fingerprint density at radius 1 is 1.11 bits per heavy atom. The molecule has 0 radical (unpaired) electrons. The average molecular weight is 555 g/mol. The maximum atomic E-state index is 12.7. The number of ether oxygens (including phenoxy) is 1. The highest BCUT2D eigenvalue weighted by molar-refractivity contribution is 6.35. The largest absolute Gasteiger partial charge is 0.486 e. The third kappa shape index (κ3) is 4.99. The maximum absolute atomic E-state index is 12.7. The number of carbonyl (C=O) groups is 1. The first-order valence-corrected chi connectivity index (χ1v) is 13.0. The number of carbonyl (C=O) groups excluding carboxylic acids is 1. The van der Waals surface area contributed by atoms with E-state index in [4.69, 9.17) is 44.8 Å². The Morgan fingerprint density at radius 2 is 1.79 bits per heavy atom. The fourth-order valence-electron chi connectivity index (χ4n) is 4.83. The van der Waals surface area contributed by atoms with Gasteiger partial charge in [-0.3, -0.25) is 15.2 Å². The van der Waals surface area contributed by atoms with Crippen LogP contribution in [-0.2, 0) is 4.79 Å². The van der Waals surface area contributed by atoms with Gasteiger partial charge in [-0.15, -0.1) is 10.2 Å². The van der Waals surface area contributed by atoms with Crippen molar-refractivity contribution >= 4 is 46.3 Å². The monoisotopic (exact) mass is 554 g/mol. The first-order valence-electron chi connectivity index (χ1n) is 12.3. The number of aromatic nitrogens is 3. The van der Waals surface area contributed by atoms with Crippen molar-refractivity contribution in [3.8, 4) is 5.75 Å². The van der Waals surface area contributed by atoms with Crippen LogP contribution < -0.4 is 21.1 Å². The molecule has 2 saturated heterocycles. The SMILES string of the molecule is C[C@@H](Oc1ccc(N)c(C(=N)c2ccc(N3CC(N)(C(=O)N4CCCC4)C3)nn2)c1)c1c(Cl)cncc1Cl. The number of nitrogens with one attached hydrogen (secondary N) is 1. The first kappa shape index (κ1) is 26.1. The molecule has 5 rings (SSSR count). The number of benzene rings is 1. The van der Waals surface area contributed by atoms with Crippen molar-refractivity contribution in [3.63, 3.8) is 0 Å². The first-order chi connectivity index (χ1) is 18.2. The number of hydrogen-bond acceptors (Lipinski definition) is 9. The van der Waals surface area contributed by atoms with Crippen molar-refractivity contribution in [1.29, 1.82) is 5.41 Å². The van der Waals surface area contributed by atoms with E-state index in [1.807, 2.05) is 16.7 Å². The fourth-order valence-corrected chi connectivity index (χ4v) is 5.50. The van der Waals surface area contributed by atoms with Crippen LogP contribution >= 0.6 is 23.2 Å². The molecule has 2 aliphatic rings. The maximum Gasteiger partial charge on any atom is 0.246 e. The predicted octanol–water partition coefficient (Wildman–Crippen LogP) is 3.46. The van der Waals surface area contributed by atoms with Crippen molar-refractivity contribution in [2.45, 2.75) is 31.4 Å². The number of nitrogens with two attached hydrogens (primary N) is 2.